The fraction of sp³-hybridized carbons (Fsp3) is 0.600. The van der Waals surface area contributed by atoms with Crippen molar-refractivity contribution < 1.29 is 9.59 Å². The molecule has 0 aliphatic carbocycles. The normalized spacial score (nSPS) is 10.6. The van der Waals surface area contributed by atoms with Gasteiger partial charge < -0.3 is 5.32 Å². The first-order valence-corrected chi connectivity index (χ1v) is 9.65. The minimum atomic E-state index is -0.309. The van der Waals surface area contributed by atoms with Crippen LogP contribution in [0, 0.1) is 0 Å². The highest BCUT2D eigenvalue weighted by molar-refractivity contribution is 6.29. The molecule has 0 unspecified atom stereocenters. The van der Waals surface area contributed by atoms with Gasteiger partial charge in [0.25, 0.3) is 0 Å². The topological polar surface area (TPSA) is 46.2 Å². The molecule has 0 atom stereocenters. The number of nitrogens with one attached hydrogen (secondary N) is 1. The Balaban J connectivity index is 2.18. The van der Waals surface area contributed by atoms with Crippen LogP contribution in [0.1, 0.15) is 70.3 Å². The first-order chi connectivity index (χ1) is 11.7. The third kappa shape index (κ3) is 9.71. The van der Waals surface area contributed by atoms with Crippen LogP contribution in [0.15, 0.2) is 24.3 Å². The molecule has 24 heavy (non-hydrogen) atoms. The molecule has 0 fully saturated rings. The van der Waals surface area contributed by atoms with Gasteiger partial charge in [-0.25, -0.2) is 0 Å². The van der Waals surface area contributed by atoms with Gasteiger partial charge in [0, 0.05) is 5.69 Å². The molecule has 1 aromatic rings. The van der Waals surface area contributed by atoms with Gasteiger partial charge in [0.2, 0.25) is 5.91 Å². The lowest BCUT2D eigenvalue weighted by Crippen LogP contribution is -2.17. The highest BCUT2D eigenvalue weighted by Crippen LogP contribution is 2.14. The first kappa shape index (κ1) is 20.7. The predicted molar refractivity (Wildman–Crippen MR) is 102 cm³/mol. The minimum Gasteiger partial charge on any atom is -0.326 e. The number of amides is 1. The lowest BCUT2D eigenvalue weighted by Gasteiger charge is -2.06. The summed E-state index contributed by atoms with van der Waals surface area (Å²) < 4.78 is 0. The van der Waals surface area contributed by atoms with Gasteiger partial charge in [-0.1, -0.05) is 64.0 Å². The molecule has 4 heteroatoms. The number of anilines is 1. The zero-order chi connectivity index (χ0) is 17.6. The molecule has 1 aromatic carbocycles. The van der Waals surface area contributed by atoms with Gasteiger partial charge in [-0.2, -0.15) is 0 Å². The van der Waals surface area contributed by atoms with Crippen LogP contribution in [0.3, 0.4) is 0 Å². The van der Waals surface area contributed by atoms with Gasteiger partial charge in [-0.15, -0.1) is 11.6 Å². The lowest BCUT2D eigenvalue weighted by atomic mass is 10.0. The van der Waals surface area contributed by atoms with Crippen molar-refractivity contribution >= 4 is 29.0 Å². The minimum absolute atomic E-state index is 0.120. The van der Waals surface area contributed by atoms with E-state index in [-0.39, 0.29) is 24.0 Å². The summed E-state index contributed by atoms with van der Waals surface area (Å²) in [7, 11) is 0. The van der Waals surface area contributed by atoms with Crippen molar-refractivity contribution in [1.82, 2.24) is 0 Å². The third-order valence-corrected chi connectivity index (χ3v) is 4.36. The number of carbonyl (C=O) groups excluding carboxylic acids is 2. The van der Waals surface area contributed by atoms with E-state index in [1.165, 1.54) is 56.9 Å². The molecule has 0 spiro atoms. The number of Topliss-reactive ketones (excluding diaryl/α,β-unsaturated/α-hetero) is 1. The maximum absolute atomic E-state index is 11.6. The molecule has 3 nitrogen and oxygen atoms in total. The number of hydrogen-bond acceptors (Lipinski definition) is 2. The Hall–Kier alpha value is -1.35. The van der Waals surface area contributed by atoms with Crippen molar-refractivity contribution in [2.45, 2.75) is 71.1 Å². The van der Waals surface area contributed by atoms with Gasteiger partial charge >= 0.3 is 0 Å². The number of ketones is 1. The molecule has 0 aromatic heterocycles. The van der Waals surface area contributed by atoms with Crippen LogP contribution in [0.2, 0.25) is 0 Å². The molecular formula is C20H30ClNO2. The SMILES string of the molecule is CCCCCCCCCCc1ccc(NC(=O)CC(=O)CCl)cc1. The van der Waals surface area contributed by atoms with Gasteiger partial charge in [-0.05, 0) is 30.5 Å². The Bertz CT molecular complexity index is 485. The molecule has 0 saturated carbocycles. The standard InChI is InChI=1S/C20H30ClNO2/c1-2-3-4-5-6-7-8-9-10-17-11-13-18(14-12-17)22-20(24)15-19(23)16-21/h11-14H,2-10,15-16H2,1H3,(H,22,24). The summed E-state index contributed by atoms with van der Waals surface area (Å²) in [5.74, 6) is -0.692. The second kappa shape index (κ2) is 13.0. The van der Waals surface area contributed by atoms with Gasteiger partial charge in [0.05, 0.1) is 12.3 Å². The van der Waals surface area contributed by atoms with E-state index in [9.17, 15) is 9.59 Å². The number of rotatable bonds is 13. The summed E-state index contributed by atoms with van der Waals surface area (Å²) in [4.78, 5) is 22.7. The predicted octanol–water partition coefficient (Wildman–Crippen LogP) is 5.51. The first-order valence-electron chi connectivity index (χ1n) is 9.12. The summed E-state index contributed by atoms with van der Waals surface area (Å²) in [6.45, 7) is 2.25. The third-order valence-electron chi connectivity index (χ3n) is 4.06. The van der Waals surface area contributed by atoms with Crippen molar-refractivity contribution in [3.05, 3.63) is 29.8 Å². The van der Waals surface area contributed by atoms with Crippen LogP contribution in [0.4, 0.5) is 5.69 Å². The zero-order valence-corrected chi connectivity index (χ0v) is 15.5. The maximum atomic E-state index is 11.6. The fourth-order valence-electron chi connectivity index (χ4n) is 2.65. The fourth-order valence-corrected chi connectivity index (χ4v) is 2.74. The number of hydrogen-bond donors (Lipinski definition) is 1. The molecule has 1 N–H and O–H groups in total. The molecule has 0 radical (unpaired) electrons. The van der Waals surface area contributed by atoms with Gasteiger partial charge in [0.1, 0.15) is 0 Å². The smallest absolute Gasteiger partial charge is 0.231 e. The van der Waals surface area contributed by atoms with Crippen molar-refractivity contribution in [1.29, 1.82) is 0 Å². The Morgan fingerprint density at radius 1 is 0.917 bits per heavy atom. The van der Waals surface area contributed by atoms with E-state index in [0.29, 0.717) is 0 Å². The van der Waals surface area contributed by atoms with Crippen LogP contribution in [-0.4, -0.2) is 17.6 Å². The highest BCUT2D eigenvalue weighted by atomic mass is 35.5. The number of unbranched alkanes of at least 4 members (excludes halogenated alkanes) is 7. The molecule has 1 rings (SSSR count). The van der Waals surface area contributed by atoms with E-state index >= 15 is 0 Å². The van der Waals surface area contributed by atoms with E-state index in [4.69, 9.17) is 11.6 Å². The largest absolute Gasteiger partial charge is 0.326 e. The van der Waals surface area contributed by atoms with Crippen molar-refractivity contribution in [3.63, 3.8) is 0 Å². The molecule has 0 saturated heterocycles. The second-order valence-electron chi connectivity index (χ2n) is 6.32. The zero-order valence-electron chi connectivity index (χ0n) is 14.8. The number of halogens is 1. The number of alkyl halides is 1. The molecular weight excluding hydrogens is 322 g/mol. The van der Waals surface area contributed by atoms with Crippen LogP contribution in [0.25, 0.3) is 0 Å². The van der Waals surface area contributed by atoms with Crippen molar-refractivity contribution in [2.24, 2.45) is 0 Å². The van der Waals surface area contributed by atoms with Crippen LogP contribution < -0.4 is 5.32 Å². The summed E-state index contributed by atoms with van der Waals surface area (Å²) in [6.07, 6.45) is 11.5. The van der Waals surface area contributed by atoms with Gasteiger partial charge in [-0.3, -0.25) is 9.59 Å². The molecule has 1 amide bonds. The molecule has 0 aliphatic heterocycles. The maximum Gasteiger partial charge on any atom is 0.231 e. The lowest BCUT2D eigenvalue weighted by molar-refractivity contribution is -0.124. The van der Waals surface area contributed by atoms with Crippen LogP contribution in [0.5, 0.6) is 0 Å². The molecule has 0 bridgehead atoms. The Labute approximate surface area is 151 Å². The molecule has 0 aliphatic rings. The number of carbonyl (C=O) groups is 2. The van der Waals surface area contributed by atoms with E-state index in [1.54, 1.807) is 0 Å². The van der Waals surface area contributed by atoms with E-state index < -0.39 is 0 Å². The molecule has 0 heterocycles. The van der Waals surface area contributed by atoms with Crippen LogP contribution >= 0.6 is 11.6 Å². The van der Waals surface area contributed by atoms with Crippen molar-refractivity contribution in [2.75, 3.05) is 11.2 Å². The Morgan fingerprint density at radius 3 is 2.08 bits per heavy atom. The highest BCUT2D eigenvalue weighted by Gasteiger charge is 2.08. The summed E-state index contributed by atoms with van der Waals surface area (Å²) in [5, 5.41) is 2.72. The second-order valence-corrected chi connectivity index (χ2v) is 6.59. The van der Waals surface area contributed by atoms with E-state index in [2.05, 4.69) is 12.2 Å². The summed E-state index contributed by atoms with van der Waals surface area (Å²) >= 11 is 5.39. The van der Waals surface area contributed by atoms with Gasteiger partial charge in [0.15, 0.2) is 5.78 Å². The monoisotopic (exact) mass is 351 g/mol. The average Bonchev–Trinajstić information content (AvgIpc) is 2.58. The van der Waals surface area contributed by atoms with E-state index in [0.717, 1.165) is 12.1 Å². The summed E-state index contributed by atoms with van der Waals surface area (Å²) in [5.41, 5.74) is 2.01. The summed E-state index contributed by atoms with van der Waals surface area (Å²) in [6, 6.07) is 7.87. The number of aryl methyl sites for hydroxylation is 1. The van der Waals surface area contributed by atoms with Crippen LogP contribution in [-0.2, 0) is 16.0 Å². The Kier molecular flexibility index (Phi) is 11.2. The number of benzene rings is 1. The molecule has 134 valence electrons. The van der Waals surface area contributed by atoms with E-state index in [1.807, 2.05) is 24.3 Å². The van der Waals surface area contributed by atoms with Crippen molar-refractivity contribution in [3.8, 4) is 0 Å². The average molecular weight is 352 g/mol. The Morgan fingerprint density at radius 2 is 1.50 bits per heavy atom. The quantitative estimate of drug-likeness (QED) is 0.289.